The molecule has 0 unspecified atom stereocenters. The third kappa shape index (κ3) is 1.45. The summed E-state index contributed by atoms with van der Waals surface area (Å²) in [5.74, 6) is 1.47. The standard InChI is InChI=1S/C14H17NO2/c1-17-11-5-3-10(4-6-11)12-9-15-13(16)14(12)7-2-8-14/h3-6,12H,2,7-9H2,1H3,(H,15,16)/t12-/m0/s1. The number of hydrogen-bond donors (Lipinski definition) is 1. The Hall–Kier alpha value is -1.51. The van der Waals surface area contributed by atoms with Crippen molar-refractivity contribution in [2.45, 2.75) is 25.2 Å². The predicted molar refractivity (Wildman–Crippen MR) is 65.0 cm³/mol. The Kier molecular flexibility index (Phi) is 2.35. The van der Waals surface area contributed by atoms with Crippen LogP contribution in [0.15, 0.2) is 24.3 Å². The number of carbonyl (C=O) groups is 1. The fourth-order valence-electron chi connectivity index (χ4n) is 3.13. The van der Waals surface area contributed by atoms with E-state index in [1.54, 1.807) is 7.11 Å². The Bertz CT molecular complexity index is 434. The van der Waals surface area contributed by atoms with Crippen LogP contribution in [0.1, 0.15) is 30.7 Å². The molecule has 1 aliphatic heterocycles. The molecule has 1 aromatic carbocycles. The SMILES string of the molecule is COc1ccc([C@@H]2CNC(=O)C23CCC3)cc1. The number of carbonyl (C=O) groups excluding carboxylic acids is 1. The van der Waals surface area contributed by atoms with Gasteiger partial charge in [0.1, 0.15) is 5.75 Å². The van der Waals surface area contributed by atoms with Crippen LogP contribution in [0, 0.1) is 5.41 Å². The molecule has 1 heterocycles. The Labute approximate surface area is 101 Å². The lowest BCUT2D eigenvalue weighted by molar-refractivity contribution is -0.132. The van der Waals surface area contributed by atoms with Gasteiger partial charge in [0, 0.05) is 12.5 Å². The molecule has 1 saturated carbocycles. The molecule has 3 heteroatoms. The van der Waals surface area contributed by atoms with Gasteiger partial charge >= 0.3 is 0 Å². The molecule has 1 amide bonds. The first-order valence-electron chi connectivity index (χ1n) is 6.18. The molecule has 1 saturated heterocycles. The van der Waals surface area contributed by atoms with E-state index < -0.39 is 0 Å². The molecule has 1 aromatic rings. The van der Waals surface area contributed by atoms with Crippen molar-refractivity contribution in [1.29, 1.82) is 0 Å². The van der Waals surface area contributed by atoms with Crippen LogP contribution in [0.25, 0.3) is 0 Å². The van der Waals surface area contributed by atoms with Gasteiger partial charge in [-0.05, 0) is 30.5 Å². The van der Waals surface area contributed by atoms with Crippen LogP contribution >= 0.6 is 0 Å². The number of amides is 1. The lowest BCUT2D eigenvalue weighted by Crippen LogP contribution is -2.40. The van der Waals surface area contributed by atoms with Crippen LogP contribution in [0.4, 0.5) is 0 Å². The van der Waals surface area contributed by atoms with Crippen molar-refractivity contribution in [3.05, 3.63) is 29.8 Å². The first-order chi connectivity index (χ1) is 8.26. The van der Waals surface area contributed by atoms with Crippen LogP contribution in [0.2, 0.25) is 0 Å². The molecule has 17 heavy (non-hydrogen) atoms. The topological polar surface area (TPSA) is 38.3 Å². The summed E-state index contributed by atoms with van der Waals surface area (Å²) in [6, 6.07) is 8.13. The Balaban J connectivity index is 1.90. The minimum Gasteiger partial charge on any atom is -0.497 e. The van der Waals surface area contributed by atoms with Gasteiger partial charge in [-0.1, -0.05) is 18.6 Å². The zero-order valence-electron chi connectivity index (χ0n) is 10.0. The fourth-order valence-corrected chi connectivity index (χ4v) is 3.13. The maximum absolute atomic E-state index is 11.9. The zero-order valence-corrected chi connectivity index (χ0v) is 10.0. The van der Waals surface area contributed by atoms with E-state index in [2.05, 4.69) is 17.4 Å². The first kappa shape index (κ1) is 10.6. The van der Waals surface area contributed by atoms with Crippen molar-refractivity contribution < 1.29 is 9.53 Å². The lowest BCUT2D eigenvalue weighted by Gasteiger charge is -2.40. The lowest BCUT2D eigenvalue weighted by atomic mass is 9.61. The summed E-state index contributed by atoms with van der Waals surface area (Å²) >= 11 is 0. The summed E-state index contributed by atoms with van der Waals surface area (Å²) in [5, 5.41) is 3.02. The van der Waals surface area contributed by atoms with E-state index in [0.29, 0.717) is 5.92 Å². The molecule has 0 radical (unpaired) electrons. The minimum absolute atomic E-state index is 0.103. The number of methoxy groups -OCH3 is 1. The monoisotopic (exact) mass is 231 g/mol. The second-order valence-corrected chi connectivity index (χ2v) is 5.05. The number of benzene rings is 1. The summed E-state index contributed by atoms with van der Waals surface area (Å²) in [5.41, 5.74) is 1.15. The minimum atomic E-state index is -0.103. The van der Waals surface area contributed by atoms with Gasteiger partial charge in [0.25, 0.3) is 0 Å². The highest BCUT2D eigenvalue weighted by Crippen LogP contribution is 2.54. The molecule has 3 rings (SSSR count). The number of hydrogen-bond acceptors (Lipinski definition) is 2. The molecule has 3 nitrogen and oxygen atoms in total. The molecular formula is C14H17NO2. The van der Waals surface area contributed by atoms with E-state index in [-0.39, 0.29) is 11.3 Å². The van der Waals surface area contributed by atoms with E-state index in [4.69, 9.17) is 4.74 Å². The van der Waals surface area contributed by atoms with Gasteiger partial charge in [-0.3, -0.25) is 4.79 Å². The maximum Gasteiger partial charge on any atom is 0.226 e. The number of rotatable bonds is 2. The van der Waals surface area contributed by atoms with Crippen LogP contribution < -0.4 is 10.1 Å². The molecule has 2 aliphatic rings. The van der Waals surface area contributed by atoms with Crippen LogP contribution in [0.5, 0.6) is 5.75 Å². The summed E-state index contributed by atoms with van der Waals surface area (Å²) < 4.78 is 5.16. The highest BCUT2D eigenvalue weighted by Gasteiger charge is 2.54. The van der Waals surface area contributed by atoms with Gasteiger partial charge in [-0.2, -0.15) is 0 Å². The fraction of sp³-hybridized carbons (Fsp3) is 0.500. The van der Waals surface area contributed by atoms with Gasteiger partial charge in [0.15, 0.2) is 0 Å². The summed E-state index contributed by atoms with van der Waals surface area (Å²) in [6.45, 7) is 0.783. The van der Waals surface area contributed by atoms with Crippen molar-refractivity contribution >= 4 is 5.91 Å². The van der Waals surface area contributed by atoms with Crippen molar-refractivity contribution in [3.8, 4) is 5.75 Å². The van der Waals surface area contributed by atoms with E-state index in [0.717, 1.165) is 25.1 Å². The van der Waals surface area contributed by atoms with Crippen molar-refractivity contribution in [3.63, 3.8) is 0 Å². The van der Waals surface area contributed by atoms with Gasteiger partial charge < -0.3 is 10.1 Å². The summed E-state index contributed by atoms with van der Waals surface area (Å²) in [6.07, 6.45) is 3.26. The molecule has 0 bridgehead atoms. The maximum atomic E-state index is 11.9. The first-order valence-corrected chi connectivity index (χ1v) is 6.18. The average Bonchev–Trinajstić information content (AvgIpc) is 2.66. The molecule has 0 aromatic heterocycles. The van der Waals surface area contributed by atoms with Gasteiger partial charge in [-0.15, -0.1) is 0 Å². The summed E-state index contributed by atoms with van der Waals surface area (Å²) in [4.78, 5) is 11.9. The molecule has 1 aliphatic carbocycles. The van der Waals surface area contributed by atoms with Crippen LogP contribution in [-0.2, 0) is 4.79 Å². The highest BCUT2D eigenvalue weighted by molar-refractivity contribution is 5.87. The Morgan fingerprint density at radius 2 is 2.00 bits per heavy atom. The number of nitrogens with one attached hydrogen (secondary N) is 1. The van der Waals surface area contributed by atoms with Crippen LogP contribution in [0.3, 0.4) is 0 Å². The van der Waals surface area contributed by atoms with Crippen molar-refractivity contribution in [2.24, 2.45) is 5.41 Å². The van der Waals surface area contributed by atoms with E-state index >= 15 is 0 Å². The van der Waals surface area contributed by atoms with Crippen molar-refractivity contribution in [1.82, 2.24) is 5.32 Å². The van der Waals surface area contributed by atoms with Gasteiger partial charge in [-0.25, -0.2) is 0 Å². The smallest absolute Gasteiger partial charge is 0.226 e. The predicted octanol–water partition coefficient (Wildman–Crippen LogP) is 2.08. The molecular weight excluding hydrogens is 214 g/mol. The molecule has 90 valence electrons. The highest BCUT2D eigenvalue weighted by atomic mass is 16.5. The molecule has 2 fully saturated rings. The third-order valence-electron chi connectivity index (χ3n) is 4.35. The molecule has 1 N–H and O–H groups in total. The van der Waals surface area contributed by atoms with Crippen LogP contribution in [-0.4, -0.2) is 19.6 Å². The second kappa shape index (κ2) is 3.76. The third-order valence-corrected chi connectivity index (χ3v) is 4.35. The van der Waals surface area contributed by atoms with E-state index in [9.17, 15) is 4.79 Å². The molecule has 1 spiro atoms. The Morgan fingerprint density at radius 3 is 2.53 bits per heavy atom. The zero-order chi connectivity index (χ0) is 11.9. The largest absolute Gasteiger partial charge is 0.497 e. The van der Waals surface area contributed by atoms with E-state index in [1.807, 2.05) is 12.1 Å². The number of ether oxygens (including phenoxy) is 1. The normalized spacial score (nSPS) is 25.5. The quantitative estimate of drug-likeness (QED) is 0.846. The van der Waals surface area contributed by atoms with Crippen molar-refractivity contribution in [2.75, 3.05) is 13.7 Å². The van der Waals surface area contributed by atoms with Gasteiger partial charge in [0.2, 0.25) is 5.91 Å². The average molecular weight is 231 g/mol. The molecule has 1 atom stereocenters. The van der Waals surface area contributed by atoms with E-state index in [1.165, 1.54) is 12.0 Å². The van der Waals surface area contributed by atoms with Gasteiger partial charge in [0.05, 0.1) is 12.5 Å². The Morgan fingerprint density at radius 1 is 1.29 bits per heavy atom. The summed E-state index contributed by atoms with van der Waals surface area (Å²) in [7, 11) is 1.67. The second-order valence-electron chi connectivity index (χ2n) is 5.05.